The van der Waals surface area contributed by atoms with Gasteiger partial charge in [0.2, 0.25) is 0 Å². The van der Waals surface area contributed by atoms with Gasteiger partial charge in [0.25, 0.3) is 5.56 Å². The Kier molecular flexibility index (Phi) is 8.67. The molecule has 0 spiro atoms. The molecule has 5 rings (SSSR count). The predicted molar refractivity (Wildman–Crippen MR) is 163 cm³/mol. The van der Waals surface area contributed by atoms with Crippen LogP contribution >= 0.6 is 15.9 Å². The molecule has 11 heteroatoms. The minimum atomic E-state index is -0.607. The highest BCUT2D eigenvalue weighted by Crippen LogP contribution is 2.38. The van der Waals surface area contributed by atoms with Crippen LogP contribution in [0.5, 0.6) is 0 Å². The van der Waals surface area contributed by atoms with E-state index in [1.165, 1.54) is 19.4 Å². The topological polar surface area (TPSA) is 105 Å². The molecule has 0 bridgehead atoms. The number of aromatic amines is 1. The van der Waals surface area contributed by atoms with Gasteiger partial charge in [0.15, 0.2) is 11.5 Å². The van der Waals surface area contributed by atoms with Gasteiger partial charge in [-0.25, -0.2) is 14.2 Å². The summed E-state index contributed by atoms with van der Waals surface area (Å²) in [5.74, 6) is -0.286. The lowest BCUT2D eigenvalue weighted by Crippen LogP contribution is -2.28. The van der Waals surface area contributed by atoms with Crippen molar-refractivity contribution in [3.63, 3.8) is 0 Å². The van der Waals surface area contributed by atoms with Gasteiger partial charge >= 0.3 is 5.97 Å². The number of nitrogens with one attached hydrogen (secondary N) is 2. The molecule has 3 aromatic heterocycles. The number of benzene rings is 2. The van der Waals surface area contributed by atoms with Crippen LogP contribution in [0.15, 0.2) is 88.4 Å². The van der Waals surface area contributed by atoms with Crippen LogP contribution in [0.1, 0.15) is 46.9 Å². The summed E-state index contributed by atoms with van der Waals surface area (Å²) in [7, 11) is 1.30. The molecule has 216 valence electrons. The summed E-state index contributed by atoms with van der Waals surface area (Å²) in [5, 5.41) is 7.90. The van der Waals surface area contributed by atoms with Gasteiger partial charge in [-0.3, -0.25) is 4.79 Å². The van der Waals surface area contributed by atoms with Crippen molar-refractivity contribution < 1.29 is 13.9 Å². The maximum absolute atomic E-state index is 14.2. The molecule has 3 heterocycles. The summed E-state index contributed by atoms with van der Waals surface area (Å²) in [5.41, 5.74) is 2.39. The molecule has 0 saturated carbocycles. The second kappa shape index (κ2) is 12.6. The SMILES string of the molecule is COC(=O)c1cnn2c(N(Cc3ccccc3)Cc3ccccc3)c(Br)c(NC(c3cc(F)c[nH]c3=O)C(C)C)nc12. The van der Waals surface area contributed by atoms with E-state index in [0.717, 1.165) is 17.3 Å². The lowest BCUT2D eigenvalue weighted by atomic mass is 9.97. The van der Waals surface area contributed by atoms with Crippen molar-refractivity contribution in [2.45, 2.75) is 33.0 Å². The molecule has 0 radical (unpaired) electrons. The molecule has 42 heavy (non-hydrogen) atoms. The number of fused-ring (bicyclic) bond motifs is 1. The maximum atomic E-state index is 14.2. The number of hydrogen-bond acceptors (Lipinski definition) is 7. The van der Waals surface area contributed by atoms with E-state index in [-0.39, 0.29) is 22.7 Å². The lowest BCUT2D eigenvalue weighted by molar-refractivity contribution is 0.0602. The van der Waals surface area contributed by atoms with Crippen LogP contribution in [0.3, 0.4) is 0 Å². The fourth-order valence-electron chi connectivity index (χ4n) is 4.85. The third kappa shape index (κ3) is 6.06. The van der Waals surface area contributed by atoms with Gasteiger partial charge in [-0.2, -0.15) is 9.61 Å². The number of carbonyl (C=O) groups is 1. The van der Waals surface area contributed by atoms with Crippen molar-refractivity contribution in [3.8, 4) is 0 Å². The first-order valence-corrected chi connectivity index (χ1v) is 14.2. The van der Waals surface area contributed by atoms with Crippen molar-refractivity contribution in [2.75, 3.05) is 17.3 Å². The van der Waals surface area contributed by atoms with Crippen LogP contribution in [0.25, 0.3) is 5.65 Å². The molecule has 5 aromatic rings. The van der Waals surface area contributed by atoms with Crippen LogP contribution in [0, 0.1) is 11.7 Å². The molecule has 0 fully saturated rings. The van der Waals surface area contributed by atoms with Gasteiger partial charge in [-0.1, -0.05) is 74.5 Å². The number of halogens is 2. The Morgan fingerprint density at radius 1 is 1.10 bits per heavy atom. The lowest BCUT2D eigenvalue weighted by Gasteiger charge is -2.29. The second-order valence-corrected chi connectivity index (χ2v) is 11.0. The van der Waals surface area contributed by atoms with Gasteiger partial charge in [0.1, 0.15) is 21.7 Å². The summed E-state index contributed by atoms with van der Waals surface area (Å²) >= 11 is 3.77. The van der Waals surface area contributed by atoms with E-state index >= 15 is 0 Å². The molecule has 0 aliphatic rings. The smallest absolute Gasteiger partial charge is 0.343 e. The fourth-order valence-corrected chi connectivity index (χ4v) is 5.47. The number of aromatic nitrogens is 4. The molecular weight excluding hydrogens is 603 g/mol. The van der Waals surface area contributed by atoms with Crippen LogP contribution in [-0.4, -0.2) is 32.7 Å². The first-order valence-electron chi connectivity index (χ1n) is 13.4. The Balaban J connectivity index is 1.71. The number of nitrogens with zero attached hydrogens (tertiary/aromatic N) is 4. The number of H-pyrrole nitrogens is 1. The summed E-state index contributed by atoms with van der Waals surface area (Å²) in [4.78, 5) is 34.8. The molecule has 2 N–H and O–H groups in total. The maximum Gasteiger partial charge on any atom is 0.343 e. The Morgan fingerprint density at radius 3 is 2.29 bits per heavy atom. The zero-order valence-electron chi connectivity index (χ0n) is 23.3. The highest BCUT2D eigenvalue weighted by Gasteiger charge is 2.28. The quantitative estimate of drug-likeness (QED) is 0.179. The molecule has 0 amide bonds. The van der Waals surface area contributed by atoms with Crippen LogP contribution < -0.4 is 15.8 Å². The molecule has 0 aliphatic heterocycles. The first-order chi connectivity index (χ1) is 20.3. The zero-order valence-corrected chi connectivity index (χ0v) is 24.9. The number of rotatable bonds is 10. The molecule has 1 atom stereocenters. The minimum Gasteiger partial charge on any atom is -0.465 e. The summed E-state index contributed by atoms with van der Waals surface area (Å²) in [6.07, 6.45) is 2.45. The Labute approximate surface area is 250 Å². The fraction of sp³-hybridized carbons (Fsp3) is 0.226. The number of methoxy groups -OCH3 is 1. The Hall–Kier alpha value is -4.51. The molecule has 2 aromatic carbocycles. The highest BCUT2D eigenvalue weighted by atomic mass is 79.9. The normalized spacial score (nSPS) is 12.0. The number of hydrogen-bond donors (Lipinski definition) is 2. The van der Waals surface area contributed by atoms with Gasteiger partial charge in [0, 0.05) is 24.8 Å². The number of carbonyl (C=O) groups excluding carboxylic acids is 1. The molecule has 0 aliphatic carbocycles. The second-order valence-electron chi connectivity index (χ2n) is 10.2. The van der Waals surface area contributed by atoms with Gasteiger partial charge in [0.05, 0.1) is 19.3 Å². The summed E-state index contributed by atoms with van der Waals surface area (Å²) in [6, 6.07) is 20.6. The third-order valence-corrected chi connectivity index (χ3v) is 7.62. The number of ether oxygens (including phenoxy) is 1. The van der Waals surface area contributed by atoms with Crippen molar-refractivity contribution in [3.05, 3.63) is 122 Å². The van der Waals surface area contributed by atoms with Crippen LogP contribution in [-0.2, 0) is 17.8 Å². The minimum absolute atomic E-state index is 0.129. The molecular formula is C31H30BrFN6O3. The summed E-state index contributed by atoms with van der Waals surface area (Å²) in [6.45, 7) is 4.87. The van der Waals surface area contributed by atoms with Crippen molar-refractivity contribution in [1.82, 2.24) is 19.6 Å². The monoisotopic (exact) mass is 632 g/mol. The summed E-state index contributed by atoms with van der Waals surface area (Å²) < 4.78 is 21.4. The van der Waals surface area contributed by atoms with E-state index in [0.29, 0.717) is 29.2 Å². The van der Waals surface area contributed by atoms with Gasteiger partial charge < -0.3 is 19.9 Å². The molecule has 1 unspecified atom stereocenters. The molecule has 0 saturated heterocycles. The molecule has 9 nitrogen and oxygen atoms in total. The van der Waals surface area contributed by atoms with E-state index < -0.39 is 23.4 Å². The van der Waals surface area contributed by atoms with E-state index in [9.17, 15) is 14.0 Å². The Morgan fingerprint density at radius 2 is 1.71 bits per heavy atom. The average molecular weight is 634 g/mol. The predicted octanol–water partition coefficient (Wildman–Crippen LogP) is 6.12. The number of pyridine rings is 1. The van der Waals surface area contributed by atoms with E-state index in [1.807, 2.05) is 74.5 Å². The zero-order chi connectivity index (χ0) is 29.8. The van der Waals surface area contributed by atoms with Gasteiger partial charge in [-0.05, 0) is 39.0 Å². The van der Waals surface area contributed by atoms with Crippen LogP contribution in [0.2, 0.25) is 0 Å². The van der Waals surface area contributed by atoms with E-state index in [2.05, 4.69) is 36.2 Å². The Bertz CT molecular complexity index is 1720. The average Bonchev–Trinajstić information content (AvgIpc) is 3.41. The van der Waals surface area contributed by atoms with E-state index in [1.54, 1.807) is 4.52 Å². The number of esters is 1. The third-order valence-electron chi connectivity index (χ3n) is 6.89. The number of anilines is 2. The highest BCUT2D eigenvalue weighted by molar-refractivity contribution is 9.10. The standard InChI is InChI=1S/C31H30BrFN6O3/c1-19(2)26(23-14-22(33)15-34-29(23)40)36-27-25(32)30(39-28(37-27)24(16-35-39)31(41)42-3)38(17-20-10-6-4-7-11-20)18-21-12-8-5-9-13-21/h4-16,19,26H,17-18H2,1-3H3,(H,34,40)(H,36,37). The van der Waals surface area contributed by atoms with Gasteiger partial charge in [-0.15, -0.1) is 0 Å². The van der Waals surface area contributed by atoms with Crippen molar-refractivity contribution in [2.24, 2.45) is 5.92 Å². The van der Waals surface area contributed by atoms with Crippen molar-refractivity contribution in [1.29, 1.82) is 0 Å². The van der Waals surface area contributed by atoms with Crippen molar-refractivity contribution >= 4 is 39.2 Å². The van der Waals surface area contributed by atoms with E-state index in [4.69, 9.17) is 9.72 Å². The first kappa shape index (κ1) is 29.0. The van der Waals surface area contributed by atoms with Crippen LogP contribution in [0.4, 0.5) is 16.0 Å². The largest absolute Gasteiger partial charge is 0.465 e.